The number of carbonyl (C=O) groups is 2. The molecule has 1 aliphatic rings. The van der Waals surface area contributed by atoms with Crippen LogP contribution in [0.15, 0.2) is 12.2 Å². The van der Waals surface area contributed by atoms with Crippen molar-refractivity contribution in [1.29, 1.82) is 0 Å². The molecule has 6 nitrogen and oxygen atoms in total. The van der Waals surface area contributed by atoms with Crippen LogP contribution in [0.3, 0.4) is 0 Å². The van der Waals surface area contributed by atoms with E-state index in [1.807, 2.05) is 0 Å². The Morgan fingerprint density at radius 2 is 1.71 bits per heavy atom. The van der Waals surface area contributed by atoms with E-state index in [1.54, 1.807) is 0 Å². The molecule has 0 aromatic heterocycles. The number of ether oxygens (including phenoxy) is 2. The number of esters is 1. The molecule has 1 rings (SSSR count). The molecule has 28 heavy (non-hydrogen) atoms. The second-order valence-electron chi connectivity index (χ2n) is 9.19. The highest BCUT2D eigenvalue weighted by Crippen LogP contribution is 2.29. The van der Waals surface area contributed by atoms with Crippen molar-refractivity contribution in [2.45, 2.75) is 83.4 Å². The predicted octanol–water partition coefficient (Wildman–Crippen LogP) is 4.58. The molecule has 8 heteroatoms. The summed E-state index contributed by atoms with van der Waals surface area (Å²) in [6.45, 7) is 12.0. The molecular weight excluding hydrogens is 392 g/mol. The Labute approximate surface area is 171 Å². The van der Waals surface area contributed by atoms with Gasteiger partial charge in [0.15, 0.2) is 16.6 Å². The molecule has 0 aromatic rings. The first-order valence-electron chi connectivity index (χ1n) is 10.4. The van der Waals surface area contributed by atoms with Crippen LogP contribution < -0.4 is 0 Å². The van der Waals surface area contributed by atoms with E-state index < -0.39 is 28.6 Å². The molecule has 1 fully saturated rings. The molecule has 162 valence electrons. The quantitative estimate of drug-likeness (QED) is 0.211. The fourth-order valence-corrected chi connectivity index (χ4v) is 11.8. The van der Waals surface area contributed by atoms with Crippen LogP contribution in [0.2, 0.25) is 38.8 Å². The SMILES string of the molecule is C[Si](C)(C)O[Si](C)(C)CCCOC(COC(=O)/C=C/C(=O)O)C1CCCCC1. The first-order valence-corrected chi connectivity index (χ1v) is 16.9. The van der Waals surface area contributed by atoms with Gasteiger partial charge in [-0.2, -0.15) is 0 Å². The molecule has 1 aliphatic carbocycles. The zero-order valence-electron chi connectivity index (χ0n) is 18.2. The fraction of sp³-hybridized carbons (Fsp3) is 0.800. The Bertz CT molecular complexity index is 521. The van der Waals surface area contributed by atoms with E-state index >= 15 is 0 Å². The Hall–Kier alpha value is -0.966. The van der Waals surface area contributed by atoms with Gasteiger partial charge in [-0.1, -0.05) is 19.3 Å². The minimum atomic E-state index is -1.68. The van der Waals surface area contributed by atoms with Crippen LogP contribution in [0.25, 0.3) is 0 Å². The maximum atomic E-state index is 11.7. The summed E-state index contributed by atoms with van der Waals surface area (Å²) in [6.07, 6.45) is 8.36. The molecule has 0 saturated heterocycles. The molecule has 0 aromatic carbocycles. The highest BCUT2D eigenvalue weighted by molar-refractivity contribution is 6.84. The van der Waals surface area contributed by atoms with Crippen molar-refractivity contribution in [3.63, 3.8) is 0 Å². The number of carboxylic acid groups (broad SMARTS) is 1. The van der Waals surface area contributed by atoms with E-state index in [9.17, 15) is 9.59 Å². The monoisotopic (exact) mass is 430 g/mol. The van der Waals surface area contributed by atoms with Crippen LogP contribution in [0, 0.1) is 5.92 Å². The summed E-state index contributed by atoms with van der Waals surface area (Å²) in [4.78, 5) is 22.2. The van der Waals surface area contributed by atoms with Gasteiger partial charge in [-0.05, 0) is 64.0 Å². The number of hydrogen-bond acceptors (Lipinski definition) is 5. The molecule has 1 unspecified atom stereocenters. The van der Waals surface area contributed by atoms with Crippen LogP contribution in [0.1, 0.15) is 38.5 Å². The van der Waals surface area contributed by atoms with E-state index in [2.05, 4.69) is 32.7 Å². The number of aliphatic carboxylic acids is 1. The van der Waals surface area contributed by atoms with E-state index in [4.69, 9.17) is 18.7 Å². The van der Waals surface area contributed by atoms with E-state index in [0.717, 1.165) is 37.5 Å². The molecular formula is C20H38O6Si2. The molecule has 1 N–H and O–H groups in total. The number of hydrogen-bond donors (Lipinski definition) is 1. The zero-order valence-corrected chi connectivity index (χ0v) is 20.2. The predicted molar refractivity (Wildman–Crippen MR) is 115 cm³/mol. The van der Waals surface area contributed by atoms with Crippen molar-refractivity contribution in [2.24, 2.45) is 5.92 Å². The van der Waals surface area contributed by atoms with E-state index in [0.29, 0.717) is 12.5 Å². The average molecular weight is 431 g/mol. The van der Waals surface area contributed by atoms with Crippen molar-refractivity contribution in [1.82, 2.24) is 0 Å². The fourth-order valence-electron chi connectivity index (χ4n) is 3.79. The van der Waals surface area contributed by atoms with Crippen molar-refractivity contribution in [2.75, 3.05) is 13.2 Å². The van der Waals surface area contributed by atoms with Crippen molar-refractivity contribution >= 4 is 28.6 Å². The normalized spacial score (nSPS) is 17.6. The minimum absolute atomic E-state index is 0.120. The van der Waals surface area contributed by atoms with Gasteiger partial charge in [0.2, 0.25) is 0 Å². The van der Waals surface area contributed by atoms with Gasteiger partial charge in [0, 0.05) is 18.8 Å². The lowest BCUT2D eigenvalue weighted by molar-refractivity contribution is -0.144. The largest absolute Gasteiger partial charge is 0.478 e. The number of carboxylic acids is 1. The van der Waals surface area contributed by atoms with Crippen LogP contribution >= 0.6 is 0 Å². The minimum Gasteiger partial charge on any atom is -0.478 e. The number of carbonyl (C=O) groups excluding carboxylic acids is 1. The van der Waals surface area contributed by atoms with Gasteiger partial charge in [-0.3, -0.25) is 0 Å². The van der Waals surface area contributed by atoms with Crippen LogP contribution in [0.5, 0.6) is 0 Å². The topological polar surface area (TPSA) is 82.1 Å². The maximum Gasteiger partial charge on any atom is 0.331 e. The molecule has 0 amide bonds. The Balaban J connectivity index is 2.49. The highest BCUT2D eigenvalue weighted by atomic mass is 28.4. The second-order valence-corrected chi connectivity index (χ2v) is 18.2. The van der Waals surface area contributed by atoms with Gasteiger partial charge < -0.3 is 18.7 Å². The summed E-state index contributed by atoms with van der Waals surface area (Å²) in [7, 11) is -3.20. The summed E-state index contributed by atoms with van der Waals surface area (Å²) in [6, 6.07) is 1.05. The molecule has 0 radical (unpaired) electrons. The van der Waals surface area contributed by atoms with Gasteiger partial charge in [0.25, 0.3) is 0 Å². The first kappa shape index (κ1) is 25.1. The van der Waals surface area contributed by atoms with Gasteiger partial charge in [-0.25, -0.2) is 9.59 Å². The van der Waals surface area contributed by atoms with Crippen LogP contribution in [-0.2, 0) is 23.2 Å². The molecule has 0 aliphatic heterocycles. The van der Waals surface area contributed by atoms with Crippen molar-refractivity contribution in [3.05, 3.63) is 12.2 Å². The summed E-state index contributed by atoms with van der Waals surface area (Å²) >= 11 is 0. The van der Waals surface area contributed by atoms with Gasteiger partial charge in [0.1, 0.15) is 6.61 Å². The molecule has 0 spiro atoms. The number of rotatable bonds is 12. The standard InChI is InChI=1S/C20H38O6Si2/c1-27(2,3)26-28(4,5)15-9-14-24-18(17-10-7-6-8-11-17)16-25-20(23)13-12-19(21)22/h12-13,17-18H,6-11,14-16H2,1-5H3,(H,21,22)/b13-12+. The summed E-state index contributed by atoms with van der Waals surface area (Å²) in [5.74, 6) is -1.40. The van der Waals surface area contributed by atoms with Crippen molar-refractivity contribution < 1.29 is 28.3 Å². The lowest BCUT2D eigenvalue weighted by atomic mass is 9.85. The van der Waals surface area contributed by atoms with Crippen LogP contribution in [-0.4, -0.2) is 53.0 Å². The first-order chi connectivity index (χ1) is 13.0. The summed E-state index contributed by atoms with van der Waals surface area (Å²) < 4.78 is 17.8. The smallest absolute Gasteiger partial charge is 0.331 e. The molecule has 0 bridgehead atoms. The zero-order chi connectivity index (χ0) is 21.2. The lowest BCUT2D eigenvalue weighted by Gasteiger charge is -2.32. The van der Waals surface area contributed by atoms with Gasteiger partial charge in [-0.15, -0.1) is 0 Å². The van der Waals surface area contributed by atoms with E-state index in [1.165, 1.54) is 19.3 Å². The third-order valence-corrected chi connectivity index (χ3v) is 11.0. The van der Waals surface area contributed by atoms with Gasteiger partial charge >= 0.3 is 11.9 Å². The highest BCUT2D eigenvalue weighted by Gasteiger charge is 2.30. The lowest BCUT2D eigenvalue weighted by Crippen LogP contribution is -2.42. The van der Waals surface area contributed by atoms with Crippen LogP contribution in [0.4, 0.5) is 0 Å². The molecule has 0 heterocycles. The summed E-state index contributed by atoms with van der Waals surface area (Å²) in [5, 5.41) is 8.60. The summed E-state index contributed by atoms with van der Waals surface area (Å²) in [5.41, 5.74) is 0. The van der Waals surface area contributed by atoms with Crippen molar-refractivity contribution in [3.8, 4) is 0 Å². The molecule has 1 saturated carbocycles. The third-order valence-electron chi connectivity index (χ3n) is 4.77. The molecule has 1 atom stereocenters. The Kier molecular flexibility index (Phi) is 10.7. The average Bonchev–Trinajstić information content (AvgIpc) is 2.58. The maximum absolute atomic E-state index is 11.7. The second kappa shape index (κ2) is 11.9. The third kappa shape index (κ3) is 11.8. The van der Waals surface area contributed by atoms with Gasteiger partial charge in [0.05, 0.1) is 6.10 Å². The Morgan fingerprint density at radius 3 is 2.29 bits per heavy atom. The van der Waals surface area contributed by atoms with E-state index in [-0.39, 0.29) is 12.7 Å². The Morgan fingerprint density at radius 1 is 1.07 bits per heavy atom.